The first-order valence-corrected chi connectivity index (χ1v) is 10.3. The molecule has 158 valence electrons. The van der Waals surface area contributed by atoms with Crippen LogP contribution < -0.4 is 0 Å². The van der Waals surface area contributed by atoms with Crippen molar-refractivity contribution in [2.75, 3.05) is 26.2 Å². The van der Waals surface area contributed by atoms with E-state index in [1.807, 2.05) is 30.3 Å². The van der Waals surface area contributed by atoms with Crippen molar-refractivity contribution in [3.63, 3.8) is 0 Å². The van der Waals surface area contributed by atoms with Crippen LogP contribution in [0.2, 0.25) is 0 Å². The molecular weight excluding hydrogens is 396 g/mol. The molecule has 31 heavy (non-hydrogen) atoms. The van der Waals surface area contributed by atoms with Crippen molar-refractivity contribution in [2.24, 2.45) is 0 Å². The molecule has 1 saturated heterocycles. The van der Waals surface area contributed by atoms with Crippen LogP contribution in [0, 0.1) is 0 Å². The average Bonchev–Trinajstić information content (AvgIpc) is 3.27. The van der Waals surface area contributed by atoms with E-state index in [-0.39, 0.29) is 24.5 Å². The first-order valence-electron chi connectivity index (χ1n) is 10.3. The molecule has 2 aliphatic heterocycles. The summed E-state index contributed by atoms with van der Waals surface area (Å²) in [5.41, 5.74) is 2.66. The van der Waals surface area contributed by atoms with E-state index >= 15 is 0 Å². The summed E-state index contributed by atoms with van der Waals surface area (Å²) in [6, 6.07) is 13.4. The first-order chi connectivity index (χ1) is 15.2. The Hall–Kier alpha value is -3.59. The van der Waals surface area contributed by atoms with Gasteiger partial charge in [0.05, 0.1) is 24.4 Å². The van der Waals surface area contributed by atoms with Gasteiger partial charge < -0.3 is 14.5 Å². The van der Waals surface area contributed by atoms with E-state index < -0.39 is 0 Å². The van der Waals surface area contributed by atoms with Crippen molar-refractivity contribution in [3.05, 3.63) is 77.4 Å². The molecule has 0 aliphatic carbocycles. The van der Waals surface area contributed by atoms with Crippen LogP contribution >= 0.6 is 0 Å². The number of amides is 2. The third-order valence-corrected chi connectivity index (χ3v) is 5.73. The maximum absolute atomic E-state index is 13.1. The van der Waals surface area contributed by atoms with E-state index in [1.165, 1.54) is 0 Å². The monoisotopic (exact) mass is 418 g/mol. The molecule has 4 heterocycles. The lowest BCUT2D eigenvalue weighted by Crippen LogP contribution is -2.50. The molecule has 9 heteroatoms. The number of hydrogen-bond donors (Lipinski definition) is 0. The standard InChI is InChI=1S/C22H22N6O3/c29-21(17-7-4-8-23-13-17)26-9-11-27(12-10-26)22(30)20-18-15-31-19(14-28(18)25-24-20)16-5-2-1-3-6-16/h1-8,13,19H,9-12,14-15H2/t19-/m1/s1. The average molecular weight is 418 g/mol. The van der Waals surface area contributed by atoms with E-state index in [4.69, 9.17) is 4.74 Å². The van der Waals surface area contributed by atoms with Crippen LogP contribution in [-0.4, -0.2) is 67.8 Å². The number of nitrogens with zero attached hydrogens (tertiary/aromatic N) is 6. The third-order valence-electron chi connectivity index (χ3n) is 5.73. The van der Waals surface area contributed by atoms with Gasteiger partial charge in [0, 0.05) is 38.6 Å². The lowest BCUT2D eigenvalue weighted by molar-refractivity contribution is -0.00202. The molecular formula is C22H22N6O3. The van der Waals surface area contributed by atoms with Gasteiger partial charge in [-0.05, 0) is 17.7 Å². The minimum Gasteiger partial charge on any atom is -0.365 e. The van der Waals surface area contributed by atoms with Gasteiger partial charge in [-0.3, -0.25) is 14.6 Å². The second-order valence-corrected chi connectivity index (χ2v) is 7.60. The van der Waals surface area contributed by atoms with Crippen LogP contribution in [0.5, 0.6) is 0 Å². The molecule has 1 atom stereocenters. The highest BCUT2D eigenvalue weighted by molar-refractivity contribution is 5.95. The summed E-state index contributed by atoms with van der Waals surface area (Å²) in [5, 5.41) is 8.35. The van der Waals surface area contributed by atoms with Crippen LogP contribution in [-0.2, 0) is 17.9 Å². The number of ether oxygens (including phenoxy) is 1. The summed E-state index contributed by atoms with van der Waals surface area (Å²) in [7, 11) is 0. The van der Waals surface area contributed by atoms with Gasteiger partial charge in [0.1, 0.15) is 6.10 Å². The van der Waals surface area contributed by atoms with Gasteiger partial charge in [-0.15, -0.1) is 5.10 Å². The first kappa shape index (κ1) is 19.4. The summed E-state index contributed by atoms with van der Waals surface area (Å²) >= 11 is 0. The minimum atomic E-state index is -0.170. The van der Waals surface area contributed by atoms with Crippen molar-refractivity contribution in [1.82, 2.24) is 29.8 Å². The molecule has 1 aromatic carbocycles. The molecule has 0 N–H and O–H groups in total. The Morgan fingerprint density at radius 2 is 1.68 bits per heavy atom. The Morgan fingerprint density at radius 3 is 2.39 bits per heavy atom. The normalized spacial score (nSPS) is 18.5. The molecule has 2 aliphatic rings. The molecule has 0 saturated carbocycles. The maximum Gasteiger partial charge on any atom is 0.276 e. The van der Waals surface area contributed by atoms with Gasteiger partial charge in [0.25, 0.3) is 11.8 Å². The lowest BCUT2D eigenvalue weighted by atomic mass is 10.1. The highest BCUT2D eigenvalue weighted by Crippen LogP contribution is 2.27. The molecule has 0 spiro atoms. The molecule has 2 aromatic heterocycles. The fourth-order valence-corrected chi connectivity index (χ4v) is 3.98. The Kier molecular flexibility index (Phi) is 5.17. The number of aromatic nitrogens is 4. The van der Waals surface area contributed by atoms with Gasteiger partial charge >= 0.3 is 0 Å². The molecule has 9 nitrogen and oxygen atoms in total. The largest absolute Gasteiger partial charge is 0.365 e. The zero-order valence-electron chi connectivity index (χ0n) is 16.9. The highest BCUT2D eigenvalue weighted by atomic mass is 16.5. The van der Waals surface area contributed by atoms with Gasteiger partial charge in [-0.25, -0.2) is 4.68 Å². The Bertz CT molecular complexity index is 1080. The van der Waals surface area contributed by atoms with Crippen molar-refractivity contribution in [1.29, 1.82) is 0 Å². The van der Waals surface area contributed by atoms with Gasteiger partial charge in [-0.1, -0.05) is 35.5 Å². The minimum absolute atomic E-state index is 0.0680. The van der Waals surface area contributed by atoms with E-state index in [0.29, 0.717) is 49.7 Å². The zero-order valence-corrected chi connectivity index (χ0v) is 16.9. The molecule has 1 fully saturated rings. The number of piperazine rings is 1. The zero-order chi connectivity index (χ0) is 21.2. The summed E-state index contributed by atoms with van der Waals surface area (Å²) in [4.78, 5) is 33.1. The summed E-state index contributed by atoms with van der Waals surface area (Å²) in [5.74, 6) is -0.238. The number of hydrogen-bond acceptors (Lipinski definition) is 6. The van der Waals surface area contributed by atoms with Gasteiger partial charge in [0.15, 0.2) is 5.69 Å². The van der Waals surface area contributed by atoms with Crippen LogP contribution in [0.25, 0.3) is 0 Å². The molecule has 2 amide bonds. The Morgan fingerprint density at radius 1 is 0.935 bits per heavy atom. The van der Waals surface area contributed by atoms with Crippen LogP contribution in [0.3, 0.4) is 0 Å². The van der Waals surface area contributed by atoms with E-state index in [9.17, 15) is 9.59 Å². The Balaban J connectivity index is 1.23. The van der Waals surface area contributed by atoms with Gasteiger partial charge in [-0.2, -0.15) is 0 Å². The number of pyridine rings is 1. The topological polar surface area (TPSA) is 93.5 Å². The third kappa shape index (κ3) is 3.79. The highest BCUT2D eigenvalue weighted by Gasteiger charge is 2.32. The quantitative estimate of drug-likeness (QED) is 0.641. The Labute approximate surface area is 179 Å². The maximum atomic E-state index is 13.1. The van der Waals surface area contributed by atoms with E-state index in [0.717, 1.165) is 5.56 Å². The second-order valence-electron chi connectivity index (χ2n) is 7.60. The summed E-state index contributed by atoms with van der Waals surface area (Å²) in [6.45, 7) is 2.64. The summed E-state index contributed by atoms with van der Waals surface area (Å²) in [6.07, 6.45) is 3.09. The fourth-order valence-electron chi connectivity index (χ4n) is 3.98. The molecule has 3 aromatic rings. The van der Waals surface area contributed by atoms with Crippen LogP contribution in [0.15, 0.2) is 54.9 Å². The number of fused-ring (bicyclic) bond motifs is 1. The molecule has 5 rings (SSSR count). The SMILES string of the molecule is O=C(c1cccnc1)N1CCN(C(=O)c2nnn3c2CO[C@@H](c2ccccc2)C3)CC1. The predicted molar refractivity (Wildman–Crippen MR) is 110 cm³/mol. The summed E-state index contributed by atoms with van der Waals surface area (Å²) < 4.78 is 7.75. The molecule has 0 unspecified atom stereocenters. The fraction of sp³-hybridized carbons (Fsp3) is 0.318. The van der Waals surface area contributed by atoms with Gasteiger partial charge in [0.2, 0.25) is 0 Å². The molecule has 0 bridgehead atoms. The van der Waals surface area contributed by atoms with Crippen molar-refractivity contribution in [2.45, 2.75) is 19.3 Å². The number of carbonyl (C=O) groups is 2. The lowest BCUT2D eigenvalue weighted by Gasteiger charge is -2.34. The number of benzene rings is 1. The molecule has 0 radical (unpaired) electrons. The second kappa shape index (κ2) is 8.27. The van der Waals surface area contributed by atoms with Crippen LogP contribution in [0.4, 0.5) is 0 Å². The van der Waals surface area contributed by atoms with Crippen molar-refractivity contribution in [3.8, 4) is 0 Å². The number of carbonyl (C=O) groups excluding carboxylic acids is 2. The predicted octanol–water partition coefficient (Wildman–Crippen LogP) is 1.54. The van der Waals surface area contributed by atoms with E-state index in [2.05, 4.69) is 15.3 Å². The smallest absolute Gasteiger partial charge is 0.276 e. The van der Waals surface area contributed by atoms with E-state index in [1.54, 1.807) is 39.0 Å². The number of rotatable bonds is 3. The van der Waals surface area contributed by atoms with Crippen molar-refractivity contribution < 1.29 is 14.3 Å². The van der Waals surface area contributed by atoms with Crippen molar-refractivity contribution >= 4 is 11.8 Å². The van der Waals surface area contributed by atoms with Crippen LogP contribution in [0.1, 0.15) is 38.2 Å².